The molecule has 1 spiro atoms. The standard InChI is InChI=1S/C14H25F2NOS/c1-2-6-17-12(13(15)16)11-3-7-18-14(10-11)4-8-19-9-5-14/h11-13,17H,2-10H2,1H3. The van der Waals surface area contributed by atoms with Crippen molar-refractivity contribution in [1.29, 1.82) is 0 Å². The van der Waals surface area contributed by atoms with E-state index < -0.39 is 12.5 Å². The lowest BCUT2D eigenvalue weighted by atomic mass is 9.78. The van der Waals surface area contributed by atoms with Crippen LogP contribution >= 0.6 is 11.8 Å². The fourth-order valence-corrected chi connectivity index (χ4v) is 4.47. The summed E-state index contributed by atoms with van der Waals surface area (Å²) in [5.41, 5.74) is -0.102. The molecule has 5 heteroatoms. The van der Waals surface area contributed by atoms with Crippen molar-refractivity contribution in [3.8, 4) is 0 Å². The number of nitrogens with one attached hydrogen (secondary N) is 1. The third-order valence-electron chi connectivity index (χ3n) is 4.34. The van der Waals surface area contributed by atoms with Gasteiger partial charge in [-0.2, -0.15) is 11.8 Å². The first-order valence-electron chi connectivity index (χ1n) is 7.40. The van der Waals surface area contributed by atoms with E-state index in [-0.39, 0.29) is 11.5 Å². The second-order valence-electron chi connectivity index (χ2n) is 5.71. The van der Waals surface area contributed by atoms with Gasteiger partial charge in [0.05, 0.1) is 11.6 Å². The second-order valence-corrected chi connectivity index (χ2v) is 6.94. The minimum atomic E-state index is -2.27. The lowest BCUT2D eigenvalue weighted by Crippen LogP contribution is -2.51. The van der Waals surface area contributed by atoms with Crippen molar-refractivity contribution in [2.24, 2.45) is 5.92 Å². The molecule has 0 aliphatic carbocycles. The van der Waals surface area contributed by atoms with E-state index in [9.17, 15) is 8.78 Å². The van der Waals surface area contributed by atoms with Gasteiger partial charge in [-0.25, -0.2) is 8.78 Å². The number of alkyl halides is 2. The maximum Gasteiger partial charge on any atom is 0.253 e. The van der Waals surface area contributed by atoms with Crippen molar-refractivity contribution in [1.82, 2.24) is 5.32 Å². The van der Waals surface area contributed by atoms with Crippen LogP contribution in [-0.2, 0) is 4.74 Å². The molecule has 2 rings (SSSR count). The summed E-state index contributed by atoms with van der Waals surface area (Å²) >= 11 is 1.95. The summed E-state index contributed by atoms with van der Waals surface area (Å²) in [6, 6.07) is -0.657. The SMILES string of the molecule is CCCNC(C(F)F)C1CCOC2(CCSCC2)C1. The van der Waals surface area contributed by atoms with Gasteiger partial charge in [0.2, 0.25) is 0 Å². The topological polar surface area (TPSA) is 21.3 Å². The van der Waals surface area contributed by atoms with Crippen LogP contribution in [0.5, 0.6) is 0 Å². The van der Waals surface area contributed by atoms with Crippen LogP contribution in [0.1, 0.15) is 39.0 Å². The van der Waals surface area contributed by atoms with Gasteiger partial charge in [-0.05, 0) is 56.1 Å². The zero-order chi connectivity index (χ0) is 13.7. The van der Waals surface area contributed by atoms with E-state index in [0.29, 0.717) is 13.2 Å². The number of thioether (sulfide) groups is 1. The molecule has 0 aromatic rings. The van der Waals surface area contributed by atoms with Crippen LogP contribution in [-0.4, -0.2) is 42.7 Å². The molecule has 112 valence electrons. The second kappa shape index (κ2) is 7.23. The van der Waals surface area contributed by atoms with E-state index in [2.05, 4.69) is 5.32 Å². The molecule has 1 N–H and O–H groups in total. The van der Waals surface area contributed by atoms with Gasteiger partial charge in [0.15, 0.2) is 0 Å². The van der Waals surface area contributed by atoms with Crippen molar-refractivity contribution in [2.75, 3.05) is 24.7 Å². The fraction of sp³-hybridized carbons (Fsp3) is 1.00. The van der Waals surface area contributed by atoms with Crippen LogP contribution in [0.2, 0.25) is 0 Å². The first-order chi connectivity index (χ1) is 9.17. The highest BCUT2D eigenvalue weighted by Crippen LogP contribution is 2.41. The van der Waals surface area contributed by atoms with Crippen molar-refractivity contribution in [2.45, 2.75) is 57.1 Å². The molecule has 0 saturated carbocycles. The Morgan fingerprint density at radius 2 is 2.11 bits per heavy atom. The summed E-state index contributed by atoms with van der Waals surface area (Å²) in [6.07, 6.45) is 2.24. The van der Waals surface area contributed by atoms with Gasteiger partial charge < -0.3 is 10.1 Å². The smallest absolute Gasteiger partial charge is 0.253 e. The third-order valence-corrected chi connectivity index (χ3v) is 5.33. The predicted octanol–water partition coefficient (Wildman–Crippen LogP) is 3.31. The molecule has 2 nitrogen and oxygen atoms in total. The van der Waals surface area contributed by atoms with Crippen LogP contribution in [0.25, 0.3) is 0 Å². The Morgan fingerprint density at radius 3 is 2.74 bits per heavy atom. The Labute approximate surface area is 119 Å². The van der Waals surface area contributed by atoms with E-state index >= 15 is 0 Å². The summed E-state index contributed by atoms with van der Waals surface area (Å²) in [6.45, 7) is 3.33. The van der Waals surface area contributed by atoms with Crippen molar-refractivity contribution < 1.29 is 13.5 Å². The van der Waals surface area contributed by atoms with Crippen molar-refractivity contribution in [3.63, 3.8) is 0 Å². The van der Waals surface area contributed by atoms with Gasteiger partial charge in [0.1, 0.15) is 0 Å². The number of hydrogen-bond acceptors (Lipinski definition) is 3. The molecule has 19 heavy (non-hydrogen) atoms. The fourth-order valence-electron chi connectivity index (χ4n) is 3.24. The Bertz CT molecular complexity index is 267. The van der Waals surface area contributed by atoms with Gasteiger partial charge >= 0.3 is 0 Å². The quantitative estimate of drug-likeness (QED) is 0.840. The molecule has 2 unspecified atom stereocenters. The molecule has 0 bridgehead atoms. The van der Waals surface area contributed by atoms with E-state index in [1.165, 1.54) is 0 Å². The molecule has 0 radical (unpaired) electrons. The summed E-state index contributed by atoms with van der Waals surface area (Å²) < 4.78 is 32.5. The third kappa shape index (κ3) is 4.05. The Hall–Kier alpha value is 0.130. The normalized spacial score (nSPS) is 28.7. The first-order valence-corrected chi connectivity index (χ1v) is 8.55. The highest BCUT2D eigenvalue weighted by molar-refractivity contribution is 7.99. The van der Waals surface area contributed by atoms with Gasteiger partial charge in [0, 0.05) is 6.61 Å². The molecule has 0 aromatic heterocycles. The van der Waals surface area contributed by atoms with Crippen LogP contribution in [0.4, 0.5) is 8.78 Å². The zero-order valence-corrected chi connectivity index (χ0v) is 12.5. The van der Waals surface area contributed by atoms with Gasteiger partial charge in [-0.3, -0.25) is 0 Å². The number of ether oxygens (including phenoxy) is 1. The average molecular weight is 293 g/mol. The molecule has 0 aromatic carbocycles. The summed E-state index contributed by atoms with van der Waals surface area (Å²) in [5, 5.41) is 3.05. The van der Waals surface area contributed by atoms with Crippen molar-refractivity contribution >= 4 is 11.8 Å². The molecular formula is C14H25F2NOS. The van der Waals surface area contributed by atoms with E-state index in [4.69, 9.17) is 4.74 Å². The van der Waals surface area contributed by atoms with Gasteiger partial charge in [0.25, 0.3) is 6.43 Å². The average Bonchev–Trinajstić information content (AvgIpc) is 2.40. The molecule has 2 atom stereocenters. The van der Waals surface area contributed by atoms with Gasteiger partial charge in [-0.1, -0.05) is 6.92 Å². The zero-order valence-electron chi connectivity index (χ0n) is 11.7. The molecule has 2 aliphatic rings. The maximum atomic E-state index is 13.3. The lowest BCUT2D eigenvalue weighted by molar-refractivity contribution is -0.115. The number of hydrogen-bond donors (Lipinski definition) is 1. The van der Waals surface area contributed by atoms with Crippen LogP contribution in [0.3, 0.4) is 0 Å². The molecular weight excluding hydrogens is 268 g/mol. The summed E-state index contributed by atoms with van der Waals surface area (Å²) in [5.74, 6) is 2.27. The highest BCUT2D eigenvalue weighted by Gasteiger charge is 2.42. The number of rotatable bonds is 5. The largest absolute Gasteiger partial charge is 0.375 e. The number of halogens is 2. The van der Waals surface area contributed by atoms with Crippen LogP contribution in [0, 0.1) is 5.92 Å². The highest BCUT2D eigenvalue weighted by atomic mass is 32.2. The molecule has 2 aliphatic heterocycles. The summed E-state index contributed by atoms with van der Waals surface area (Å²) in [4.78, 5) is 0. The van der Waals surface area contributed by atoms with Gasteiger partial charge in [-0.15, -0.1) is 0 Å². The molecule has 2 saturated heterocycles. The van der Waals surface area contributed by atoms with Crippen molar-refractivity contribution in [3.05, 3.63) is 0 Å². The monoisotopic (exact) mass is 293 g/mol. The Morgan fingerprint density at radius 1 is 1.37 bits per heavy atom. The lowest BCUT2D eigenvalue weighted by Gasteiger charge is -2.45. The maximum absolute atomic E-state index is 13.3. The first kappa shape index (κ1) is 15.5. The van der Waals surface area contributed by atoms with Crippen LogP contribution in [0.15, 0.2) is 0 Å². The Kier molecular flexibility index (Phi) is 5.90. The summed E-state index contributed by atoms with van der Waals surface area (Å²) in [7, 11) is 0. The van der Waals surface area contributed by atoms with E-state index in [1.54, 1.807) is 0 Å². The van der Waals surface area contributed by atoms with Crippen LogP contribution < -0.4 is 5.32 Å². The minimum Gasteiger partial charge on any atom is -0.375 e. The minimum absolute atomic E-state index is 0.0587. The molecule has 2 fully saturated rings. The Balaban J connectivity index is 1.97. The predicted molar refractivity (Wildman–Crippen MR) is 76.1 cm³/mol. The van der Waals surface area contributed by atoms with E-state index in [1.807, 2.05) is 18.7 Å². The molecule has 0 amide bonds. The van der Waals surface area contributed by atoms with E-state index in [0.717, 1.165) is 43.6 Å². The molecule has 2 heterocycles.